The third-order valence-electron chi connectivity index (χ3n) is 3.37. The molecule has 0 radical (unpaired) electrons. The Balaban J connectivity index is 2.07. The van der Waals surface area contributed by atoms with E-state index >= 15 is 0 Å². The predicted octanol–water partition coefficient (Wildman–Crippen LogP) is 2.83. The summed E-state index contributed by atoms with van der Waals surface area (Å²) in [6, 6.07) is 9.40. The Morgan fingerprint density at radius 1 is 1.26 bits per heavy atom. The van der Waals surface area contributed by atoms with Crippen LogP contribution in [0.1, 0.15) is 23.6 Å². The third kappa shape index (κ3) is 4.35. The van der Waals surface area contributed by atoms with Crippen LogP contribution in [-0.2, 0) is 28.6 Å². The Labute approximate surface area is 137 Å². The van der Waals surface area contributed by atoms with Crippen molar-refractivity contribution >= 4 is 22.7 Å². The molecule has 2 aromatic rings. The summed E-state index contributed by atoms with van der Waals surface area (Å²) in [5.41, 5.74) is 2.49. The molecule has 0 spiro atoms. The molecule has 0 fully saturated rings. The second-order valence-electron chi connectivity index (χ2n) is 4.95. The molecule has 0 aliphatic heterocycles. The van der Waals surface area contributed by atoms with E-state index in [-0.39, 0.29) is 6.61 Å². The Kier molecular flexibility index (Phi) is 5.81. The molecule has 1 unspecified atom stereocenters. The highest BCUT2D eigenvalue weighted by molar-refractivity contribution is 7.84. The lowest BCUT2D eigenvalue weighted by molar-refractivity contribution is 0.155. The summed E-state index contributed by atoms with van der Waals surface area (Å²) in [6.07, 6.45) is 1.62. The van der Waals surface area contributed by atoms with Crippen LogP contribution in [0.5, 0.6) is 0 Å². The van der Waals surface area contributed by atoms with Gasteiger partial charge in [-0.2, -0.15) is 0 Å². The summed E-state index contributed by atoms with van der Waals surface area (Å²) in [6.45, 7) is 3.94. The van der Waals surface area contributed by atoms with Gasteiger partial charge in [-0.25, -0.2) is 4.79 Å². The molecule has 0 aliphatic rings. The van der Waals surface area contributed by atoms with Crippen LogP contribution in [0, 0.1) is 6.92 Å². The zero-order valence-electron chi connectivity index (χ0n) is 13.3. The molecule has 2 rings (SSSR count). The highest BCUT2D eigenvalue weighted by atomic mass is 32.2. The van der Waals surface area contributed by atoms with E-state index in [1.807, 2.05) is 44.2 Å². The summed E-state index contributed by atoms with van der Waals surface area (Å²) >= 11 is 0. The van der Waals surface area contributed by atoms with E-state index in [1.54, 1.807) is 6.26 Å². The molecule has 1 heterocycles. The van der Waals surface area contributed by atoms with Crippen LogP contribution < -0.4 is 5.32 Å². The third-order valence-corrected chi connectivity index (χ3v) is 4.24. The van der Waals surface area contributed by atoms with Gasteiger partial charge in [0.05, 0.1) is 10.8 Å². The SMILES string of the molecule is CCc1c(S(C)=O)nnc(NC(=O)OCc2ccccc2)c1C. The number of hydrogen-bond donors (Lipinski definition) is 1. The van der Waals surface area contributed by atoms with Crippen LogP contribution in [0.15, 0.2) is 35.4 Å². The first kappa shape index (κ1) is 17.1. The van der Waals surface area contributed by atoms with Crippen molar-refractivity contribution in [3.63, 3.8) is 0 Å². The monoisotopic (exact) mass is 333 g/mol. The lowest BCUT2D eigenvalue weighted by Gasteiger charge is -2.12. The number of ether oxygens (including phenoxy) is 1. The normalized spacial score (nSPS) is 11.8. The summed E-state index contributed by atoms with van der Waals surface area (Å²) in [5.74, 6) is 0.328. The highest BCUT2D eigenvalue weighted by Crippen LogP contribution is 2.21. The molecule has 1 aromatic heterocycles. The van der Waals surface area contributed by atoms with E-state index in [1.165, 1.54) is 0 Å². The van der Waals surface area contributed by atoms with Gasteiger partial charge in [0, 0.05) is 6.26 Å². The maximum Gasteiger partial charge on any atom is 0.413 e. The topological polar surface area (TPSA) is 81.2 Å². The second-order valence-corrected chi connectivity index (χ2v) is 6.25. The number of carbonyl (C=O) groups is 1. The quantitative estimate of drug-likeness (QED) is 0.910. The largest absolute Gasteiger partial charge is 0.444 e. The van der Waals surface area contributed by atoms with Crippen molar-refractivity contribution in [1.29, 1.82) is 0 Å². The molecular formula is C16H19N3O3S. The first-order valence-electron chi connectivity index (χ1n) is 7.20. The molecule has 1 amide bonds. The van der Waals surface area contributed by atoms with Crippen LogP contribution in [0.3, 0.4) is 0 Å². The van der Waals surface area contributed by atoms with E-state index in [4.69, 9.17) is 4.74 Å². The Morgan fingerprint density at radius 3 is 2.57 bits per heavy atom. The van der Waals surface area contributed by atoms with Crippen LogP contribution in [0.25, 0.3) is 0 Å². The van der Waals surface area contributed by atoms with Crippen molar-refractivity contribution in [3.8, 4) is 0 Å². The van der Waals surface area contributed by atoms with Gasteiger partial charge in [-0.1, -0.05) is 37.3 Å². The predicted molar refractivity (Wildman–Crippen MR) is 88.7 cm³/mol. The van der Waals surface area contributed by atoms with Crippen molar-refractivity contribution in [3.05, 3.63) is 47.0 Å². The second kappa shape index (κ2) is 7.82. The summed E-state index contributed by atoms with van der Waals surface area (Å²) < 4.78 is 16.8. The van der Waals surface area contributed by atoms with Crippen molar-refractivity contribution in [2.75, 3.05) is 11.6 Å². The van der Waals surface area contributed by atoms with Gasteiger partial charge in [0.2, 0.25) is 0 Å². The molecule has 6 nitrogen and oxygen atoms in total. The first-order valence-corrected chi connectivity index (χ1v) is 8.76. The molecule has 23 heavy (non-hydrogen) atoms. The summed E-state index contributed by atoms with van der Waals surface area (Å²) in [5, 5.41) is 10.9. The van der Waals surface area contributed by atoms with Gasteiger partial charge in [-0.3, -0.25) is 9.53 Å². The number of rotatable bonds is 5. The maximum absolute atomic E-state index is 11.9. The smallest absolute Gasteiger partial charge is 0.413 e. The number of carbonyl (C=O) groups excluding carboxylic acids is 1. The molecule has 0 bridgehead atoms. The minimum absolute atomic E-state index is 0.177. The van der Waals surface area contributed by atoms with Crippen molar-refractivity contribution in [1.82, 2.24) is 10.2 Å². The zero-order valence-corrected chi connectivity index (χ0v) is 14.1. The van der Waals surface area contributed by atoms with E-state index in [0.29, 0.717) is 17.3 Å². The average Bonchev–Trinajstić information content (AvgIpc) is 2.55. The number of anilines is 1. The van der Waals surface area contributed by atoms with Gasteiger partial charge >= 0.3 is 6.09 Å². The maximum atomic E-state index is 11.9. The fraction of sp³-hybridized carbons (Fsp3) is 0.312. The number of amides is 1. The standard InChI is InChI=1S/C16H19N3O3S/c1-4-13-11(2)14(18-19-15(13)23(3)21)17-16(20)22-10-12-8-6-5-7-9-12/h5-9H,4,10H2,1-3H3,(H,17,18,20). The van der Waals surface area contributed by atoms with Crippen LogP contribution in [0.4, 0.5) is 10.6 Å². The van der Waals surface area contributed by atoms with E-state index in [9.17, 15) is 9.00 Å². The van der Waals surface area contributed by atoms with Crippen molar-refractivity contribution in [2.45, 2.75) is 31.9 Å². The number of nitrogens with zero attached hydrogens (tertiary/aromatic N) is 2. The molecule has 1 atom stereocenters. The van der Waals surface area contributed by atoms with Gasteiger partial charge in [0.25, 0.3) is 0 Å². The molecule has 1 aromatic carbocycles. The number of hydrogen-bond acceptors (Lipinski definition) is 5. The van der Waals surface area contributed by atoms with Crippen molar-refractivity contribution in [2.24, 2.45) is 0 Å². The van der Waals surface area contributed by atoms with E-state index in [2.05, 4.69) is 15.5 Å². The van der Waals surface area contributed by atoms with Gasteiger partial charge in [0.15, 0.2) is 10.8 Å². The van der Waals surface area contributed by atoms with Crippen molar-refractivity contribution < 1.29 is 13.7 Å². The van der Waals surface area contributed by atoms with Gasteiger partial charge < -0.3 is 4.74 Å². The molecule has 1 N–H and O–H groups in total. The zero-order chi connectivity index (χ0) is 16.8. The molecule has 7 heteroatoms. The summed E-state index contributed by atoms with van der Waals surface area (Å²) in [4.78, 5) is 11.9. The molecule has 0 aliphatic carbocycles. The Bertz CT molecular complexity index is 720. The molecular weight excluding hydrogens is 314 g/mol. The highest BCUT2D eigenvalue weighted by Gasteiger charge is 2.16. The fourth-order valence-corrected chi connectivity index (χ4v) is 2.96. The van der Waals surface area contributed by atoms with Gasteiger partial charge in [-0.05, 0) is 30.0 Å². The van der Waals surface area contributed by atoms with Gasteiger partial charge in [0.1, 0.15) is 6.61 Å². The number of nitrogens with one attached hydrogen (secondary N) is 1. The van der Waals surface area contributed by atoms with Crippen LogP contribution >= 0.6 is 0 Å². The first-order chi connectivity index (χ1) is 11.0. The molecule has 0 saturated heterocycles. The van der Waals surface area contributed by atoms with E-state index < -0.39 is 16.9 Å². The minimum Gasteiger partial charge on any atom is -0.444 e. The fourth-order valence-electron chi connectivity index (χ4n) is 2.16. The average molecular weight is 333 g/mol. The van der Waals surface area contributed by atoms with Crippen LogP contribution in [0.2, 0.25) is 0 Å². The minimum atomic E-state index is -1.22. The lowest BCUT2D eigenvalue weighted by atomic mass is 10.1. The van der Waals surface area contributed by atoms with Gasteiger partial charge in [-0.15, -0.1) is 10.2 Å². The van der Waals surface area contributed by atoms with E-state index in [0.717, 1.165) is 16.7 Å². The Hall–Kier alpha value is -2.28. The molecule has 0 saturated carbocycles. The van der Waals surface area contributed by atoms with Crippen LogP contribution in [-0.4, -0.2) is 26.8 Å². The molecule has 122 valence electrons. The Morgan fingerprint density at radius 2 is 1.96 bits per heavy atom. The number of benzene rings is 1. The lowest BCUT2D eigenvalue weighted by Crippen LogP contribution is -2.17. The summed E-state index contributed by atoms with van der Waals surface area (Å²) in [7, 11) is -1.22. The number of aromatic nitrogens is 2.